The zero-order chi connectivity index (χ0) is 13.9. The third kappa shape index (κ3) is 2.96. The SMILES string of the molecule is CCC(N)(CC)COCc1nn(C)c2ccccc12. The van der Waals surface area contributed by atoms with Crippen molar-refractivity contribution in [3.63, 3.8) is 0 Å². The molecule has 0 amide bonds. The normalized spacial score (nSPS) is 12.2. The summed E-state index contributed by atoms with van der Waals surface area (Å²) in [5.74, 6) is 0. The number of nitrogens with zero attached hydrogens (tertiary/aromatic N) is 2. The molecule has 2 N–H and O–H groups in total. The lowest BCUT2D eigenvalue weighted by Crippen LogP contribution is -2.43. The van der Waals surface area contributed by atoms with Gasteiger partial charge in [-0.05, 0) is 18.9 Å². The van der Waals surface area contributed by atoms with Gasteiger partial charge in [0, 0.05) is 18.0 Å². The van der Waals surface area contributed by atoms with Gasteiger partial charge in [0.2, 0.25) is 0 Å². The van der Waals surface area contributed by atoms with E-state index in [-0.39, 0.29) is 5.54 Å². The van der Waals surface area contributed by atoms with Crippen LogP contribution in [0.25, 0.3) is 10.9 Å². The van der Waals surface area contributed by atoms with Crippen LogP contribution in [0.1, 0.15) is 32.4 Å². The van der Waals surface area contributed by atoms with Crippen molar-refractivity contribution in [1.29, 1.82) is 0 Å². The molecule has 4 nitrogen and oxygen atoms in total. The molecule has 0 aliphatic rings. The van der Waals surface area contributed by atoms with Crippen LogP contribution in [0.15, 0.2) is 24.3 Å². The Morgan fingerprint density at radius 2 is 1.95 bits per heavy atom. The molecule has 1 aromatic carbocycles. The van der Waals surface area contributed by atoms with Gasteiger partial charge in [0.15, 0.2) is 0 Å². The van der Waals surface area contributed by atoms with E-state index in [1.54, 1.807) is 0 Å². The number of ether oxygens (including phenoxy) is 1. The Bertz CT molecular complexity index is 543. The number of aryl methyl sites for hydroxylation is 1. The highest BCUT2D eigenvalue weighted by molar-refractivity contribution is 5.81. The Kier molecular flexibility index (Phi) is 4.22. The van der Waals surface area contributed by atoms with Crippen molar-refractivity contribution in [3.8, 4) is 0 Å². The van der Waals surface area contributed by atoms with E-state index in [4.69, 9.17) is 10.5 Å². The summed E-state index contributed by atoms with van der Waals surface area (Å²) in [4.78, 5) is 0. The van der Waals surface area contributed by atoms with E-state index >= 15 is 0 Å². The number of aromatic nitrogens is 2. The second-order valence-corrected chi connectivity index (χ2v) is 5.15. The van der Waals surface area contributed by atoms with E-state index in [1.807, 2.05) is 23.9 Å². The number of benzene rings is 1. The van der Waals surface area contributed by atoms with Crippen LogP contribution in [0.3, 0.4) is 0 Å². The molecule has 0 saturated carbocycles. The largest absolute Gasteiger partial charge is 0.373 e. The average molecular weight is 261 g/mol. The second-order valence-electron chi connectivity index (χ2n) is 5.15. The summed E-state index contributed by atoms with van der Waals surface area (Å²) in [5, 5.41) is 5.67. The maximum absolute atomic E-state index is 6.23. The first-order valence-corrected chi connectivity index (χ1v) is 6.87. The summed E-state index contributed by atoms with van der Waals surface area (Å²) in [6, 6.07) is 8.19. The Hall–Kier alpha value is -1.39. The van der Waals surface area contributed by atoms with E-state index in [2.05, 4.69) is 31.1 Å². The molecule has 0 bridgehead atoms. The maximum Gasteiger partial charge on any atom is 0.0960 e. The van der Waals surface area contributed by atoms with E-state index < -0.39 is 0 Å². The molecule has 0 saturated heterocycles. The molecule has 0 atom stereocenters. The van der Waals surface area contributed by atoms with Gasteiger partial charge in [0.1, 0.15) is 0 Å². The highest BCUT2D eigenvalue weighted by Crippen LogP contribution is 2.19. The van der Waals surface area contributed by atoms with Gasteiger partial charge >= 0.3 is 0 Å². The predicted octanol–water partition coefficient (Wildman–Crippen LogP) is 2.61. The third-order valence-electron chi connectivity index (χ3n) is 3.87. The quantitative estimate of drug-likeness (QED) is 0.869. The van der Waals surface area contributed by atoms with Crippen LogP contribution < -0.4 is 5.73 Å². The minimum atomic E-state index is -0.218. The highest BCUT2D eigenvalue weighted by atomic mass is 16.5. The molecule has 1 aromatic heterocycles. The topological polar surface area (TPSA) is 53.1 Å². The van der Waals surface area contributed by atoms with Crippen LogP contribution in [-0.4, -0.2) is 21.9 Å². The zero-order valence-corrected chi connectivity index (χ0v) is 12.0. The monoisotopic (exact) mass is 261 g/mol. The minimum Gasteiger partial charge on any atom is -0.373 e. The lowest BCUT2D eigenvalue weighted by Gasteiger charge is -2.26. The van der Waals surface area contributed by atoms with E-state index in [1.165, 1.54) is 0 Å². The van der Waals surface area contributed by atoms with E-state index in [0.717, 1.165) is 29.4 Å². The fourth-order valence-corrected chi connectivity index (χ4v) is 2.20. The summed E-state index contributed by atoms with van der Waals surface area (Å²) in [6.07, 6.45) is 1.85. The summed E-state index contributed by atoms with van der Waals surface area (Å²) >= 11 is 0. The molecule has 0 spiro atoms. The lowest BCUT2D eigenvalue weighted by molar-refractivity contribution is 0.0681. The second kappa shape index (κ2) is 5.72. The van der Waals surface area contributed by atoms with Crippen molar-refractivity contribution >= 4 is 10.9 Å². The molecule has 0 aliphatic carbocycles. The van der Waals surface area contributed by atoms with Gasteiger partial charge in [-0.3, -0.25) is 4.68 Å². The van der Waals surface area contributed by atoms with Crippen molar-refractivity contribution in [2.24, 2.45) is 12.8 Å². The number of hydrogen-bond acceptors (Lipinski definition) is 3. The maximum atomic E-state index is 6.23. The first-order chi connectivity index (χ1) is 9.09. The Labute approximate surface area is 114 Å². The van der Waals surface area contributed by atoms with Gasteiger partial charge < -0.3 is 10.5 Å². The Morgan fingerprint density at radius 3 is 2.63 bits per heavy atom. The van der Waals surface area contributed by atoms with Crippen LogP contribution in [-0.2, 0) is 18.4 Å². The molecule has 0 aliphatic heterocycles. The standard InChI is InChI=1S/C15H23N3O/c1-4-15(16,5-2)11-19-10-13-12-8-6-7-9-14(12)18(3)17-13/h6-9H,4-5,10-11,16H2,1-3H3. The molecule has 4 heteroatoms. The zero-order valence-electron chi connectivity index (χ0n) is 12.0. The molecule has 0 radical (unpaired) electrons. The van der Waals surface area contributed by atoms with Gasteiger partial charge in [0.25, 0.3) is 0 Å². The smallest absolute Gasteiger partial charge is 0.0960 e. The average Bonchev–Trinajstić information content (AvgIpc) is 2.76. The van der Waals surface area contributed by atoms with Gasteiger partial charge in [-0.15, -0.1) is 0 Å². The van der Waals surface area contributed by atoms with Crippen LogP contribution in [0.2, 0.25) is 0 Å². The number of para-hydroxylation sites is 1. The van der Waals surface area contributed by atoms with Gasteiger partial charge in [0.05, 0.1) is 24.4 Å². The van der Waals surface area contributed by atoms with Crippen molar-refractivity contribution in [1.82, 2.24) is 9.78 Å². The lowest BCUT2D eigenvalue weighted by atomic mass is 9.96. The fraction of sp³-hybridized carbons (Fsp3) is 0.533. The molecular weight excluding hydrogens is 238 g/mol. The molecule has 1 heterocycles. The van der Waals surface area contributed by atoms with Gasteiger partial charge in [-0.25, -0.2) is 0 Å². The van der Waals surface area contributed by atoms with Gasteiger partial charge in [-0.2, -0.15) is 5.10 Å². The van der Waals surface area contributed by atoms with Crippen LogP contribution in [0.4, 0.5) is 0 Å². The van der Waals surface area contributed by atoms with Crippen molar-refractivity contribution in [3.05, 3.63) is 30.0 Å². The first kappa shape index (κ1) is 14.0. The predicted molar refractivity (Wildman–Crippen MR) is 77.9 cm³/mol. The van der Waals surface area contributed by atoms with Crippen LogP contribution >= 0.6 is 0 Å². The third-order valence-corrected chi connectivity index (χ3v) is 3.87. The summed E-state index contributed by atoms with van der Waals surface area (Å²) in [7, 11) is 1.96. The Morgan fingerprint density at radius 1 is 1.26 bits per heavy atom. The summed E-state index contributed by atoms with van der Waals surface area (Å²) in [6.45, 7) is 5.29. The van der Waals surface area contributed by atoms with E-state index in [9.17, 15) is 0 Å². The first-order valence-electron chi connectivity index (χ1n) is 6.87. The molecule has 0 unspecified atom stereocenters. The van der Waals surface area contributed by atoms with Gasteiger partial charge in [-0.1, -0.05) is 32.0 Å². The molecule has 104 valence electrons. The molecule has 2 aromatic rings. The number of hydrogen-bond donors (Lipinski definition) is 1. The molecule has 2 rings (SSSR count). The number of rotatable bonds is 6. The van der Waals surface area contributed by atoms with Crippen LogP contribution in [0.5, 0.6) is 0 Å². The van der Waals surface area contributed by atoms with Crippen molar-refractivity contribution < 1.29 is 4.74 Å². The number of nitrogens with two attached hydrogens (primary N) is 1. The van der Waals surface area contributed by atoms with Crippen molar-refractivity contribution in [2.75, 3.05) is 6.61 Å². The summed E-state index contributed by atoms with van der Waals surface area (Å²) in [5.41, 5.74) is 8.12. The minimum absolute atomic E-state index is 0.218. The van der Waals surface area contributed by atoms with Crippen molar-refractivity contribution in [2.45, 2.75) is 38.8 Å². The highest BCUT2D eigenvalue weighted by Gasteiger charge is 2.20. The summed E-state index contributed by atoms with van der Waals surface area (Å²) < 4.78 is 7.68. The van der Waals surface area contributed by atoms with E-state index in [0.29, 0.717) is 13.2 Å². The van der Waals surface area contributed by atoms with Crippen LogP contribution in [0, 0.1) is 0 Å². The molecule has 19 heavy (non-hydrogen) atoms. The number of fused-ring (bicyclic) bond motifs is 1. The molecular formula is C15H23N3O. The molecule has 0 fully saturated rings. The Balaban J connectivity index is 2.06. The fourth-order valence-electron chi connectivity index (χ4n) is 2.20.